The van der Waals surface area contributed by atoms with E-state index in [4.69, 9.17) is 9.72 Å². The average molecular weight is 408 g/mol. The molecular formula is C19H26BrN3O2. The lowest BCUT2D eigenvalue weighted by Gasteiger charge is -2.24. The van der Waals surface area contributed by atoms with Crippen LogP contribution < -0.4 is 5.32 Å². The highest BCUT2D eigenvalue weighted by molar-refractivity contribution is 9.10. The number of benzene rings is 1. The minimum Gasteiger partial charge on any atom is -0.444 e. The van der Waals surface area contributed by atoms with Gasteiger partial charge in [0, 0.05) is 16.2 Å². The van der Waals surface area contributed by atoms with Gasteiger partial charge in [-0.05, 0) is 51.3 Å². The Kier molecular flexibility index (Phi) is 5.93. The maximum absolute atomic E-state index is 12.1. The minimum absolute atomic E-state index is 0.164. The standard InChI is InChI=1S/C19H26BrN3O2/c1-11(2)16(23-18(24)25-19(4,5)6)17-21-10-15(22-17)14-8-7-13(20)9-12(14)3/h7-11,16H,1-6H3,(H,21,22)(H,23,24). The zero-order valence-electron chi connectivity index (χ0n) is 15.6. The van der Waals surface area contributed by atoms with E-state index in [2.05, 4.69) is 32.3 Å². The molecule has 0 aliphatic carbocycles. The van der Waals surface area contributed by atoms with Crippen molar-refractivity contribution in [1.82, 2.24) is 15.3 Å². The van der Waals surface area contributed by atoms with E-state index in [1.54, 1.807) is 0 Å². The van der Waals surface area contributed by atoms with Crippen molar-refractivity contribution < 1.29 is 9.53 Å². The number of H-pyrrole nitrogens is 1. The third-order valence-electron chi connectivity index (χ3n) is 3.70. The first-order valence-electron chi connectivity index (χ1n) is 8.38. The molecule has 1 aromatic carbocycles. The molecule has 2 N–H and O–H groups in total. The summed E-state index contributed by atoms with van der Waals surface area (Å²) < 4.78 is 6.40. The summed E-state index contributed by atoms with van der Waals surface area (Å²) >= 11 is 3.48. The van der Waals surface area contributed by atoms with Crippen molar-refractivity contribution in [3.05, 3.63) is 40.3 Å². The lowest BCUT2D eigenvalue weighted by molar-refractivity contribution is 0.0486. The predicted octanol–water partition coefficient (Wildman–Crippen LogP) is 5.37. The molecule has 1 unspecified atom stereocenters. The number of rotatable bonds is 4. The number of hydrogen-bond donors (Lipinski definition) is 2. The Labute approximate surface area is 157 Å². The molecule has 0 spiro atoms. The minimum atomic E-state index is -0.533. The van der Waals surface area contributed by atoms with Crippen LogP contribution in [-0.4, -0.2) is 21.7 Å². The molecule has 0 aliphatic rings. The van der Waals surface area contributed by atoms with Crippen LogP contribution in [0.5, 0.6) is 0 Å². The van der Waals surface area contributed by atoms with Gasteiger partial charge in [-0.2, -0.15) is 0 Å². The number of hydrogen-bond acceptors (Lipinski definition) is 3. The molecule has 2 rings (SSSR count). The number of aromatic nitrogens is 2. The molecule has 2 aromatic rings. The number of aryl methyl sites for hydroxylation is 1. The monoisotopic (exact) mass is 407 g/mol. The fraction of sp³-hybridized carbons (Fsp3) is 0.474. The summed E-state index contributed by atoms with van der Waals surface area (Å²) in [6.07, 6.45) is 1.43. The Morgan fingerprint density at radius 1 is 1.32 bits per heavy atom. The first-order valence-corrected chi connectivity index (χ1v) is 9.17. The van der Waals surface area contributed by atoms with Crippen molar-refractivity contribution in [2.45, 2.75) is 53.2 Å². The number of nitrogens with zero attached hydrogens (tertiary/aromatic N) is 1. The van der Waals surface area contributed by atoms with Crippen LogP contribution in [0.25, 0.3) is 11.3 Å². The molecule has 5 nitrogen and oxygen atoms in total. The van der Waals surface area contributed by atoms with Crippen LogP contribution >= 0.6 is 15.9 Å². The van der Waals surface area contributed by atoms with Crippen LogP contribution in [0.15, 0.2) is 28.9 Å². The van der Waals surface area contributed by atoms with Gasteiger partial charge >= 0.3 is 6.09 Å². The molecule has 0 fully saturated rings. The molecule has 1 atom stereocenters. The highest BCUT2D eigenvalue weighted by atomic mass is 79.9. The van der Waals surface area contributed by atoms with E-state index in [0.717, 1.165) is 27.1 Å². The normalized spacial score (nSPS) is 13.0. The summed E-state index contributed by atoms with van der Waals surface area (Å²) in [6, 6.07) is 5.84. The fourth-order valence-corrected chi connectivity index (χ4v) is 3.01. The van der Waals surface area contributed by atoms with Crippen molar-refractivity contribution in [3.8, 4) is 11.3 Å². The van der Waals surface area contributed by atoms with Gasteiger partial charge in [-0.15, -0.1) is 0 Å². The molecule has 1 aromatic heterocycles. The number of halogens is 1. The van der Waals surface area contributed by atoms with Crippen molar-refractivity contribution >= 4 is 22.0 Å². The molecule has 6 heteroatoms. The number of amides is 1. The van der Waals surface area contributed by atoms with Gasteiger partial charge in [0.05, 0.1) is 11.7 Å². The molecular weight excluding hydrogens is 382 g/mol. The van der Waals surface area contributed by atoms with E-state index in [1.807, 2.05) is 59.9 Å². The second kappa shape index (κ2) is 7.60. The van der Waals surface area contributed by atoms with Gasteiger partial charge in [-0.1, -0.05) is 35.8 Å². The highest BCUT2D eigenvalue weighted by Gasteiger charge is 2.25. The molecule has 0 aliphatic heterocycles. The summed E-state index contributed by atoms with van der Waals surface area (Å²) in [7, 11) is 0. The molecule has 0 bridgehead atoms. The molecule has 1 amide bonds. The van der Waals surface area contributed by atoms with Gasteiger partial charge in [-0.25, -0.2) is 9.78 Å². The summed E-state index contributed by atoms with van der Waals surface area (Å²) in [5.74, 6) is 0.885. The molecule has 1 heterocycles. The zero-order chi connectivity index (χ0) is 18.8. The van der Waals surface area contributed by atoms with E-state index in [0.29, 0.717) is 0 Å². The molecule has 25 heavy (non-hydrogen) atoms. The summed E-state index contributed by atoms with van der Waals surface area (Å²) in [5.41, 5.74) is 2.52. The first kappa shape index (κ1) is 19.5. The van der Waals surface area contributed by atoms with Crippen molar-refractivity contribution in [2.24, 2.45) is 5.92 Å². The van der Waals surface area contributed by atoms with Crippen LogP contribution in [-0.2, 0) is 4.74 Å². The number of imidazole rings is 1. The Bertz CT molecular complexity index is 747. The smallest absolute Gasteiger partial charge is 0.408 e. The van der Waals surface area contributed by atoms with Gasteiger partial charge in [0.25, 0.3) is 0 Å². The number of carbonyl (C=O) groups excluding carboxylic acids is 1. The quantitative estimate of drug-likeness (QED) is 0.715. The van der Waals surface area contributed by atoms with Crippen molar-refractivity contribution in [1.29, 1.82) is 0 Å². The van der Waals surface area contributed by atoms with Crippen molar-refractivity contribution in [2.75, 3.05) is 0 Å². The Morgan fingerprint density at radius 2 is 2.00 bits per heavy atom. The second-order valence-corrected chi connectivity index (χ2v) is 8.41. The SMILES string of the molecule is Cc1cc(Br)ccc1-c1c[nH]c(C(NC(=O)OC(C)(C)C)C(C)C)n1. The van der Waals surface area contributed by atoms with Crippen molar-refractivity contribution in [3.63, 3.8) is 0 Å². The van der Waals surface area contributed by atoms with E-state index in [9.17, 15) is 4.79 Å². The van der Waals surface area contributed by atoms with Crippen LogP contribution in [0.2, 0.25) is 0 Å². The average Bonchev–Trinajstić information content (AvgIpc) is 2.91. The third-order valence-corrected chi connectivity index (χ3v) is 4.19. The van der Waals surface area contributed by atoms with Gasteiger partial charge < -0.3 is 15.0 Å². The Hall–Kier alpha value is -1.82. The van der Waals surface area contributed by atoms with Crippen LogP contribution in [0.3, 0.4) is 0 Å². The molecule has 136 valence electrons. The van der Waals surface area contributed by atoms with Gasteiger partial charge in [0.1, 0.15) is 11.4 Å². The van der Waals surface area contributed by atoms with Crippen LogP contribution in [0.4, 0.5) is 4.79 Å². The van der Waals surface area contributed by atoms with E-state index in [1.165, 1.54) is 0 Å². The largest absolute Gasteiger partial charge is 0.444 e. The Morgan fingerprint density at radius 3 is 2.56 bits per heavy atom. The maximum Gasteiger partial charge on any atom is 0.408 e. The number of carbonyl (C=O) groups is 1. The third kappa shape index (κ3) is 5.33. The Balaban J connectivity index is 2.23. The summed E-state index contributed by atoms with van der Waals surface area (Å²) in [5, 5.41) is 2.92. The summed E-state index contributed by atoms with van der Waals surface area (Å²) in [6.45, 7) is 11.7. The van der Waals surface area contributed by atoms with Crippen LogP contribution in [0.1, 0.15) is 52.0 Å². The lowest BCUT2D eigenvalue weighted by Crippen LogP contribution is -2.37. The zero-order valence-corrected chi connectivity index (χ0v) is 17.2. The molecule has 0 radical (unpaired) electrons. The number of nitrogens with one attached hydrogen (secondary N) is 2. The van der Waals surface area contributed by atoms with E-state index < -0.39 is 11.7 Å². The molecule has 0 saturated carbocycles. The predicted molar refractivity (Wildman–Crippen MR) is 103 cm³/mol. The fourth-order valence-electron chi connectivity index (χ4n) is 2.53. The van der Waals surface area contributed by atoms with E-state index in [-0.39, 0.29) is 12.0 Å². The molecule has 0 saturated heterocycles. The van der Waals surface area contributed by atoms with E-state index >= 15 is 0 Å². The lowest BCUT2D eigenvalue weighted by atomic mass is 10.0. The maximum atomic E-state index is 12.1. The first-order chi connectivity index (χ1) is 11.6. The number of aromatic amines is 1. The van der Waals surface area contributed by atoms with Gasteiger partial charge in [0.2, 0.25) is 0 Å². The number of alkyl carbamates (subject to hydrolysis) is 1. The highest BCUT2D eigenvalue weighted by Crippen LogP contribution is 2.27. The second-order valence-electron chi connectivity index (χ2n) is 7.50. The topological polar surface area (TPSA) is 67.0 Å². The number of ether oxygens (including phenoxy) is 1. The van der Waals surface area contributed by atoms with Gasteiger partial charge in [0.15, 0.2) is 0 Å². The van der Waals surface area contributed by atoms with Crippen LogP contribution in [0, 0.1) is 12.8 Å². The van der Waals surface area contributed by atoms with Gasteiger partial charge in [-0.3, -0.25) is 0 Å². The summed E-state index contributed by atoms with van der Waals surface area (Å²) in [4.78, 5) is 20.0.